The molecule has 0 spiro atoms. The van der Waals surface area contributed by atoms with Crippen LogP contribution >= 0.6 is 0 Å². The normalized spacial score (nSPS) is 12.1. The monoisotopic (exact) mass is 732 g/mol. The Hall–Kier alpha value is -5.69. The maximum absolute atomic E-state index is 14.0. The Kier molecular flexibility index (Phi) is 12.0. The van der Waals surface area contributed by atoms with Crippen LogP contribution < -0.4 is 14.2 Å². The summed E-state index contributed by atoms with van der Waals surface area (Å²) in [6.07, 6.45) is 8.38. The van der Waals surface area contributed by atoms with Crippen LogP contribution in [-0.4, -0.2) is 109 Å². The van der Waals surface area contributed by atoms with Crippen LogP contribution in [0.5, 0.6) is 17.2 Å². The number of carbonyl (C=O) groups is 3. The molecule has 6 aromatic rings. The first-order chi connectivity index (χ1) is 26.0. The molecule has 12 heteroatoms. The van der Waals surface area contributed by atoms with E-state index < -0.39 is 24.3 Å². The lowest BCUT2D eigenvalue weighted by atomic mass is 10.1. The minimum atomic E-state index is -0.866. The number of rotatable bonds is 16. The molecule has 12 nitrogen and oxygen atoms in total. The van der Waals surface area contributed by atoms with Gasteiger partial charge in [-0.1, -0.05) is 18.2 Å². The molecule has 0 saturated heterocycles. The molecule has 0 aliphatic heterocycles. The summed E-state index contributed by atoms with van der Waals surface area (Å²) in [6, 6.07) is 16.2. The van der Waals surface area contributed by atoms with E-state index in [0.29, 0.717) is 23.7 Å². The molecular weight excluding hydrogens is 684 g/mol. The van der Waals surface area contributed by atoms with Gasteiger partial charge < -0.3 is 43.9 Å². The van der Waals surface area contributed by atoms with Gasteiger partial charge in [-0.25, -0.2) is 9.59 Å². The molecule has 3 aromatic carbocycles. The van der Waals surface area contributed by atoms with Crippen LogP contribution in [0.2, 0.25) is 0 Å². The van der Waals surface area contributed by atoms with Gasteiger partial charge in [0.05, 0.1) is 12.0 Å². The summed E-state index contributed by atoms with van der Waals surface area (Å²) in [4.78, 5) is 57.4. The average Bonchev–Trinajstić information content (AvgIpc) is 3.86. The van der Waals surface area contributed by atoms with Gasteiger partial charge in [0.25, 0.3) is 0 Å². The number of nitrogens with one attached hydrogen (secondary N) is 3. The van der Waals surface area contributed by atoms with E-state index in [0.717, 1.165) is 88.0 Å². The maximum Gasteiger partial charge on any atom is 0.340 e. The average molecular weight is 733 g/mol. The van der Waals surface area contributed by atoms with Gasteiger partial charge in [-0.05, 0) is 115 Å². The number of likely N-dealkylation sites (N-methyl/N-ethyl adjacent to an activating group) is 3. The number of benzene rings is 3. The highest BCUT2D eigenvalue weighted by Gasteiger charge is 2.24. The molecule has 0 aliphatic rings. The zero-order valence-electron chi connectivity index (χ0n) is 31.7. The summed E-state index contributed by atoms with van der Waals surface area (Å²) < 4.78 is 17.8. The van der Waals surface area contributed by atoms with Crippen LogP contribution in [-0.2, 0) is 33.6 Å². The van der Waals surface area contributed by atoms with Crippen molar-refractivity contribution in [1.29, 1.82) is 0 Å². The van der Waals surface area contributed by atoms with Crippen molar-refractivity contribution in [2.75, 3.05) is 61.9 Å². The van der Waals surface area contributed by atoms with Crippen LogP contribution in [0.3, 0.4) is 0 Å². The summed E-state index contributed by atoms with van der Waals surface area (Å²) in [5.41, 5.74) is 5.18. The number of fused-ring (bicyclic) bond motifs is 3. The molecule has 3 aromatic heterocycles. The number of esters is 3. The van der Waals surface area contributed by atoms with Gasteiger partial charge in [0.2, 0.25) is 0 Å². The third-order valence-electron chi connectivity index (χ3n) is 9.26. The molecule has 0 aliphatic carbocycles. The summed E-state index contributed by atoms with van der Waals surface area (Å²) >= 11 is 0. The molecule has 54 heavy (non-hydrogen) atoms. The third-order valence-corrected chi connectivity index (χ3v) is 9.26. The van der Waals surface area contributed by atoms with E-state index in [9.17, 15) is 14.4 Å². The second-order valence-corrected chi connectivity index (χ2v) is 14.3. The predicted octanol–water partition coefficient (Wildman–Crippen LogP) is 5.88. The Labute approximate surface area is 314 Å². The molecule has 0 fully saturated rings. The van der Waals surface area contributed by atoms with Gasteiger partial charge in [0, 0.05) is 77.0 Å². The van der Waals surface area contributed by atoms with Gasteiger partial charge in [0.1, 0.15) is 17.2 Å². The molecule has 0 unspecified atom stereocenters. The zero-order valence-corrected chi connectivity index (χ0v) is 31.7. The topological polar surface area (TPSA) is 136 Å². The van der Waals surface area contributed by atoms with Crippen molar-refractivity contribution in [3.05, 3.63) is 102 Å². The third kappa shape index (κ3) is 9.08. The van der Waals surface area contributed by atoms with E-state index in [1.807, 2.05) is 79.1 Å². The number of aromatic nitrogens is 3. The second kappa shape index (κ2) is 17.0. The SMILES string of the molecule is CN(C)CCc1c[nH]c2cccc(OC(=O)/C=C(/CC(=O)Oc3cccc4[nH]cc(CCN(C)C)c34)C(=O)Oc3cccc4[nH]cc(CCN(C)C)c34)c12. The van der Waals surface area contributed by atoms with Crippen LogP contribution in [0, 0.1) is 0 Å². The van der Waals surface area contributed by atoms with Crippen molar-refractivity contribution >= 4 is 50.6 Å². The number of carbonyl (C=O) groups excluding carboxylic acids is 3. The highest BCUT2D eigenvalue weighted by molar-refractivity contribution is 6.04. The van der Waals surface area contributed by atoms with Crippen molar-refractivity contribution in [3.8, 4) is 17.2 Å². The van der Waals surface area contributed by atoms with Crippen LogP contribution in [0.15, 0.2) is 84.8 Å². The van der Waals surface area contributed by atoms with Gasteiger partial charge in [-0.2, -0.15) is 0 Å². The van der Waals surface area contributed by atoms with Crippen LogP contribution in [0.25, 0.3) is 32.7 Å². The number of ether oxygens (including phenoxy) is 3. The Bertz CT molecular complexity index is 2310. The molecule has 0 radical (unpaired) electrons. The predicted molar refractivity (Wildman–Crippen MR) is 211 cm³/mol. The van der Waals surface area contributed by atoms with E-state index in [1.165, 1.54) is 0 Å². The van der Waals surface area contributed by atoms with E-state index in [2.05, 4.69) is 29.7 Å². The fourth-order valence-electron chi connectivity index (χ4n) is 6.48. The first kappa shape index (κ1) is 38.0. The van der Waals surface area contributed by atoms with Crippen LogP contribution in [0.1, 0.15) is 23.1 Å². The number of hydrogen-bond donors (Lipinski definition) is 3. The number of aromatic amines is 3. The molecule has 0 amide bonds. The lowest BCUT2D eigenvalue weighted by Crippen LogP contribution is -2.20. The summed E-state index contributed by atoms with van der Waals surface area (Å²) in [7, 11) is 12.0. The minimum absolute atomic E-state index is 0.212. The lowest BCUT2D eigenvalue weighted by molar-refractivity contribution is -0.137. The molecule has 282 valence electrons. The molecule has 3 heterocycles. The van der Waals surface area contributed by atoms with Crippen molar-refractivity contribution in [2.24, 2.45) is 0 Å². The summed E-state index contributed by atoms with van der Waals surface area (Å²) in [5.74, 6) is -1.42. The van der Waals surface area contributed by atoms with E-state index in [4.69, 9.17) is 14.2 Å². The Morgan fingerprint density at radius 2 is 0.944 bits per heavy atom. The summed E-state index contributed by atoms with van der Waals surface area (Å²) in [6.45, 7) is 2.38. The highest BCUT2D eigenvalue weighted by Crippen LogP contribution is 2.33. The van der Waals surface area contributed by atoms with Crippen molar-refractivity contribution < 1.29 is 28.6 Å². The Morgan fingerprint density at radius 3 is 1.35 bits per heavy atom. The molecule has 6 rings (SSSR count). The van der Waals surface area contributed by atoms with Gasteiger partial charge in [-0.3, -0.25) is 4.79 Å². The van der Waals surface area contributed by atoms with Crippen molar-refractivity contribution in [2.45, 2.75) is 25.7 Å². The molecule has 0 atom stereocenters. The van der Waals surface area contributed by atoms with Crippen LogP contribution in [0.4, 0.5) is 0 Å². The Balaban J connectivity index is 1.31. The molecule has 3 N–H and O–H groups in total. The van der Waals surface area contributed by atoms with Gasteiger partial charge >= 0.3 is 17.9 Å². The fourth-order valence-corrected chi connectivity index (χ4v) is 6.48. The maximum atomic E-state index is 14.0. The highest BCUT2D eigenvalue weighted by atomic mass is 16.5. The van der Waals surface area contributed by atoms with E-state index in [-0.39, 0.29) is 5.57 Å². The molecular formula is C42H48N6O6. The molecule has 0 saturated carbocycles. The number of hydrogen-bond acceptors (Lipinski definition) is 9. The van der Waals surface area contributed by atoms with E-state index >= 15 is 0 Å². The Morgan fingerprint density at radius 1 is 0.556 bits per heavy atom. The van der Waals surface area contributed by atoms with Gasteiger partial charge in [0.15, 0.2) is 0 Å². The van der Waals surface area contributed by atoms with Crippen molar-refractivity contribution in [3.63, 3.8) is 0 Å². The smallest absolute Gasteiger partial charge is 0.340 e. The summed E-state index contributed by atoms with van der Waals surface area (Å²) in [5, 5.41) is 2.32. The minimum Gasteiger partial charge on any atom is -0.426 e. The zero-order chi connectivity index (χ0) is 38.4. The number of nitrogens with zero attached hydrogens (tertiary/aromatic N) is 3. The molecule has 0 bridgehead atoms. The first-order valence-corrected chi connectivity index (χ1v) is 18.0. The number of H-pyrrole nitrogens is 3. The quantitative estimate of drug-likeness (QED) is 0.0634. The lowest BCUT2D eigenvalue weighted by Gasteiger charge is -2.13. The largest absolute Gasteiger partial charge is 0.426 e. The first-order valence-electron chi connectivity index (χ1n) is 18.0. The van der Waals surface area contributed by atoms with Gasteiger partial charge in [-0.15, -0.1) is 0 Å². The standard InChI is InChI=1S/C42H48N6O6/c1-46(2)19-16-27-24-43-31-10-7-13-34(39(27)31)52-37(49)22-30(42(51)54-36-15-9-12-33-41(36)29(26-45-33)18-21-48(5)6)23-38(50)53-35-14-8-11-32-40(35)28(25-44-32)17-20-47(3)4/h7-15,22,24-26,43-45H,16-21,23H2,1-6H3/b30-22-. The van der Waals surface area contributed by atoms with Crippen molar-refractivity contribution in [1.82, 2.24) is 29.7 Å². The fraction of sp³-hybridized carbons (Fsp3) is 0.310. The second-order valence-electron chi connectivity index (χ2n) is 14.3. The van der Waals surface area contributed by atoms with E-state index in [1.54, 1.807) is 36.4 Å².